The number of nitrogens with one attached hydrogen (secondary N) is 1. The van der Waals surface area contributed by atoms with E-state index in [2.05, 4.69) is 24.1 Å². The highest BCUT2D eigenvalue weighted by molar-refractivity contribution is 6.30. The fourth-order valence-corrected chi connectivity index (χ4v) is 5.40. The second-order valence-electron chi connectivity index (χ2n) is 9.38. The van der Waals surface area contributed by atoms with Gasteiger partial charge in [0.1, 0.15) is 6.04 Å². The predicted octanol–water partition coefficient (Wildman–Crippen LogP) is 4.85. The van der Waals surface area contributed by atoms with Gasteiger partial charge in [0.2, 0.25) is 5.91 Å². The number of fused-ring (bicyclic) bond motifs is 1. The summed E-state index contributed by atoms with van der Waals surface area (Å²) in [5.74, 6) is -0.167. The first-order valence-electron chi connectivity index (χ1n) is 12.1. The standard InChI is InChI=1S/C27H34ClN3O2/c1-19-7-5-8-20(2)30(19)17-6-16-29-26(32)25-23-9-3-4-10-24(23)27(33)31(25)18-15-21-11-13-22(28)14-12-21/h3-4,9-14,19-20,25H,5-8,15-18H2,1-2H3,(H,29,32)/t19-,20+,25-/m1/s1. The lowest BCUT2D eigenvalue weighted by molar-refractivity contribution is -0.125. The van der Waals surface area contributed by atoms with Crippen molar-refractivity contribution in [1.82, 2.24) is 15.1 Å². The van der Waals surface area contributed by atoms with Gasteiger partial charge in [0.05, 0.1) is 0 Å². The molecule has 2 amide bonds. The summed E-state index contributed by atoms with van der Waals surface area (Å²) in [6.07, 6.45) is 5.38. The van der Waals surface area contributed by atoms with E-state index in [1.165, 1.54) is 19.3 Å². The Balaban J connectivity index is 1.38. The Bertz CT molecular complexity index is 968. The van der Waals surface area contributed by atoms with Crippen LogP contribution >= 0.6 is 11.6 Å². The van der Waals surface area contributed by atoms with Crippen LogP contribution < -0.4 is 5.32 Å². The van der Waals surface area contributed by atoms with E-state index in [1.54, 1.807) is 4.90 Å². The topological polar surface area (TPSA) is 52.7 Å². The Hall–Kier alpha value is -2.37. The average molecular weight is 468 g/mol. The van der Waals surface area contributed by atoms with Crippen LogP contribution in [0.2, 0.25) is 5.02 Å². The molecule has 2 aliphatic rings. The Labute approximate surface area is 202 Å². The van der Waals surface area contributed by atoms with E-state index < -0.39 is 6.04 Å². The van der Waals surface area contributed by atoms with Crippen molar-refractivity contribution in [2.24, 2.45) is 0 Å². The summed E-state index contributed by atoms with van der Waals surface area (Å²) < 4.78 is 0. The molecule has 0 aromatic heterocycles. The van der Waals surface area contributed by atoms with Crippen LogP contribution in [-0.2, 0) is 11.2 Å². The molecule has 2 aliphatic heterocycles. The van der Waals surface area contributed by atoms with Crippen LogP contribution in [0.25, 0.3) is 0 Å². The average Bonchev–Trinajstić information content (AvgIpc) is 3.09. The summed E-state index contributed by atoms with van der Waals surface area (Å²) in [6.45, 7) is 6.69. The van der Waals surface area contributed by atoms with Gasteiger partial charge in [-0.15, -0.1) is 0 Å². The molecule has 2 heterocycles. The third kappa shape index (κ3) is 5.42. The van der Waals surface area contributed by atoms with Gasteiger partial charge >= 0.3 is 0 Å². The van der Waals surface area contributed by atoms with E-state index >= 15 is 0 Å². The molecule has 0 spiro atoms. The molecular weight excluding hydrogens is 434 g/mol. The largest absolute Gasteiger partial charge is 0.354 e. The third-order valence-electron chi connectivity index (χ3n) is 7.13. The highest BCUT2D eigenvalue weighted by Gasteiger charge is 2.40. The fourth-order valence-electron chi connectivity index (χ4n) is 5.27. The molecule has 1 saturated heterocycles. The van der Waals surface area contributed by atoms with Crippen molar-refractivity contribution in [2.75, 3.05) is 19.6 Å². The van der Waals surface area contributed by atoms with Crippen LogP contribution in [0.15, 0.2) is 48.5 Å². The van der Waals surface area contributed by atoms with Crippen LogP contribution in [0.1, 0.15) is 67.1 Å². The second-order valence-corrected chi connectivity index (χ2v) is 9.81. The lowest BCUT2D eigenvalue weighted by Crippen LogP contribution is -2.45. The monoisotopic (exact) mass is 467 g/mol. The first-order chi connectivity index (χ1) is 16.0. The maximum atomic E-state index is 13.3. The molecule has 176 valence electrons. The summed E-state index contributed by atoms with van der Waals surface area (Å²) in [5.41, 5.74) is 2.52. The van der Waals surface area contributed by atoms with Gasteiger partial charge in [0.25, 0.3) is 5.91 Å². The van der Waals surface area contributed by atoms with Crippen LogP contribution in [-0.4, -0.2) is 53.3 Å². The van der Waals surface area contributed by atoms with Crippen molar-refractivity contribution < 1.29 is 9.59 Å². The molecule has 4 rings (SSSR count). The normalized spacial score (nSPS) is 22.9. The van der Waals surface area contributed by atoms with Gasteiger partial charge in [0.15, 0.2) is 0 Å². The van der Waals surface area contributed by atoms with Gasteiger partial charge in [-0.3, -0.25) is 14.5 Å². The number of hydrogen-bond donors (Lipinski definition) is 1. The smallest absolute Gasteiger partial charge is 0.255 e. The second kappa shape index (κ2) is 10.7. The van der Waals surface area contributed by atoms with Gasteiger partial charge in [-0.1, -0.05) is 48.4 Å². The number of carbonyl (C=O) groups is 2. The van der Waals surface area contributed by atoms with Gasteiger partial charge in [-0.25, -0.2) is 0 Å². The maximum Gasteiger partial charge on any atom is 0.255 e. The number of likely N-dealkylation sites (tertiary alicyclic amines) is 1. The van der Waals surface area contributed by atoms with Crippen LogP contribution in [0, 0.1) is 0 Å². The predicted molar refractivity (Wildman–Crippen MR) is 132 cm³/mol. The number of piperidine rings is 1. The Kier molecular flexibility index (Phi) is 7.71. The zero-order valence-electron chi connectivity index (χ0n) is 19.6. The van der Waals surface area contributed by atoms with Crippen LogP contribution in [0.3, 0.4) is 0 Å². The summed E-state index contributed by atoms with van der Waals surface area (Å²) in [5, 5.41) is 3.80. The van der Waals surface area contributed by atoms with E-state index in [-0.39, 0.29) is 11.8 Å². The minimum absolute atomic E-state index is 0.0734. The molecule has 1 N–H and O–H groups in total. The summed E-state index contributed by atoms with van der Waals surface area (Å²) >= 11 is 5.99. The van der Waals surface area contributed by atoms with E-state index in [9.17, 15) is 9.59 Å². The van der Waals surface area contributed by atoms with Crippen LogP contribution in [0.4, 0.5) is 0 Å². The van der Waals surface area contributed by atoms with Crippen LogP contribution in [0.5, 0.6) is 0 Å². The highest BCUT2D eigenvalue weighted by atomic mass is 35.5. The molecule has 2 aromatic rings. The molecule has 33 heavy (non-hydrogen) atoms. The van der Waals surface area contributed by atoms with Gasteiger partial charge in [0, 0.05) is 42.3 Å². The first-order valence-corrected chi connectivity index (χ1v) is 12.5. The molecule has 5 nitrogen and oxygen atoms in total. The van der Waals surface area contributed by atoms with Crippen molar-refractivity contribution >= 4 is 23.4 Å². The molecule has 0 saturated carbocycles. The summed E-state index contributed by atoms with van der Waals surface area (Å²) in [7, 11) is 0. The molecule has 0 bridgehead atoms. The number of benzene rings is 2. The Morgan fingerprint density at radius 2 is 1.73 bits per heavy atom. The molecule has 0 radical (unpaired) electrons. The van der Waals surface area contributed by atoms with E-state index in [0.717, 1.165) is 24.1 Å². The summed E-state index contributed by atoms with van der Waals surface area (Å²) in [4.78, 5) is 30.6. The van der Waals surface area contributed by atoms with E-state index in [1.807, 2.05) is 48.5 Å². The minimum Gasteiger partial charge on any atom is -0.354 e. The molecule has 0 aliphatic carbocycles. The molecule has 1 fully saturated rings. The van der Waals surface area contributed by atoms with E-state index in [0.29, 0.717) is 42.2 Å². The molecule has 3 atom stereocenters. The van der Waals surface area contributed by atoms with Gasteiger partial charge in [-0.2, -0.15) is 0 Å². The van der Waals surface area contributed by atoms with Crippen molar-refractivity contribution in [2.45, 2.75) is 64.1 Å². The highest BCUT2D eigenvalue weighted by Crippen LogP contribution is 2.34. The lowest BCUT2D eigenvalue weighted by Gasteiger charge is -2.39. The number of nitrogens with zero attached hydrogens (tertiary/aromatic N) is 2. The molecule has 2 aromatic carbocycles. The van der Waals surface area contributed by atoms with Gasteiger partial charge in [-0.05, 0) is 68.9 Å². The van der Waals surface area contributed by atoms with E-state index in [4.69, 9.17) is 11.6 Å². The Morgan fingerprint density at radius 3 is 2.45 bits per heavy atom. The molecule has 0 unspecified atom stereocenters. The number of rotatable bonds is 8. The number of amides is 2. The summed E-state index contributed by atoms with van der Waals surface area (Å²) in [6, 6.07) is 15.7. The molecule has 6 heteroatoms. The van der Waals surface area contributed by atoms with Crippen molar-refractivity contribution in [1.29, 1.82) is 0 Å². The minimum atomic E-state index is -0.575. The third-order valence-corrected chi connectivity index (χ3v) is 7.38. The lowest BCUT2D eigenvalue weighted by atomic mass is 9.97. The van der Waals surface area contributed by atoms with Gasteiger partial charge < -0.3 is 10.2 Å². The maximum absolute atomic E-state index is 13.3. The zero-order chi connectivity index (χ0) is 23.4. The van der Waals surface area contributed by atoms with Crippen molar-refractivity contribution in [3.63, 3.8) is 0 Å². The molecular formula is C27H34ClN3O2. The fraction of sp³-hybridized carbons (Fsp3) is 0.481. The number of carbonyl (C=O) groups excluding carboxylic acids is 2. The number of halogens is 1. The zero-order valence-corrected chi connectivity index (χ0v) is 20.4. The number of hydrogen-bond acceptors (Lipinski definition) is 3. The Morgan fingerprint density at radius 1 is 1.03 bits per heavy atom. The SMILES string of the molecule is C[C@@H]1CCC[C@H](C)N1CCCNC(=O)[C@H]1c2ccccc2C(=O)N1CCc1ccc(Cl)cc1. The van der Waals surface area contributed by atoms with Crippen molar-refractivity contribution in [3.05, 3.63) is 70.2 Å². The first kappa shape index (κ1) is 23.8. The quantitative estimate of drug-likeness (QED) is 0.564. The van der Waals surface area contributed by atoms with Crippen molar-refractivity contribution in [3.8, 4) is 0 Å².